The van der Waals surface area contributed by atoms with Crippen LogP contribution in [0.4, 0.5) is 18.0 Å². The highest BCUT2D eigenvalue weighted by molar-refractivity contribution is 5.86. The Morgan fingerprint density at radius 1 is 1.33 bits per heavy atom. The molecular weight excluding hydrogens is 327 g/mol. The van der Waals surface area contributed by atoms with E-state index in [2.05, 4.69) is 15.6 Å². The molecule has 0 bridgehead atoms. The van der Waals surface area contributed by atoms with E-state index in [1.165, 1.54) is 6.92 Å². The number of aryl methyl sites for hydroxylation is 2. The molecule has 1 atom stereocenters. The molecule has 3 amide bonds. The molecule has 1 aromatic heterocycles. The molecule has 0 saturated heterocycles. The van der Waals surface area contributed by atoms with Crippen LogP contribution in [0.1, 0.15) is 31.3 Å². The standard InChI is InChI=1S/C14H20F3N5O2/c1-9(12(23)19-8-14(15,16)17)20-13(24)18-6-10-7-22-5-3-2-4-11(22)21-10/h7,9H,2-6,8H2,1H3,(H,19,23)(H2,18,20,24). The Kier molecular flexibility index (Phi) is 5.68. The van der Waals surface area contributed by atoms with Crippen molar-refractivity contribution in [1.29, 1.82) is 0 Å². The van der Waals surface area contributed by atoms with E-state index in [-0.39, 0.29) is 6.54 Å². The van der Waals surface area contributed by atoms with Crippen molar-refractivity contribution in [2.24, 2.45) is 0 Å². The molecule has 0 spiro atoms. The number of nitrogens with one attached hydrogen (secondary N) is 3. The van der Waals surface area contributed by atoms with Crippen LogP contribution in [0.2, 0.25) is 0 Å². The van der Waals surface area contributed by atoms with Gasteiger partial charge in [0.1, 0.15) is 18.4 Å². The van der Waals surface area contributed by atoms with Crippen LogP contribution in [0.15, 0.2) is 6.20 Å². The number of nitrogens with zero attached hydrogens (tertiary/aromatic N) is 2. The van der Waals surface area contributed by atoms with Gasteiger partial charge < -0.3 is 20.5 Å². The SMILES string of the molecule is CC(NC(=O)NCc1cn2c(n1)CCCC2)C(=O)NCC(F)(F)F. The number of aromatic nitrogens is 2. The molecule has 0 aromatic carbocycles. The first-order chi connectivity index (χ1) is 11.2. The molecule has 2 rings (SSSR count). The molecule has 2 heterocycles. The van der Waals surface area contributed by atoms with Crippen LogP contribution in [0, 0.1) is 0 Å². The molecule has 1 unspecified atom stereocenters. The summed E-state index contributed by atoms with van der Waals surface area (Å²) in [5, 5.41) is 6.53. The van der Waals surface area contributed by atoms with E-state index in [1.54, 1.807) is 5.32 Å². The van der Waals surface area contributed by atoms with Crippen molar-refractivity contribution in [1.82, 2.24) is 25.5 Å². The first-order valence-corrected chi connectivity index (χ1v) is 7.68. The van der Waals surface area contributed by atoms with E-state index >= 15 is 0 Å². The van der Waals surface area contributed by atoms with Gasteiger partial charge in [-0.25, -0.2) is 9.78 Å². The van der Waals surface area contributed by atoms with Gasteiger partial charge in [-0.15, -0.1) is 0 Å². The predicted molar refractivity (Wildman–Crippen MR) is 79.1 cm³/mol. The second kappa shape index (κ2) is 7.54. The molecule has 1 aliphatic rings. The van der Waals surface area contributed by atoms with Crippen molar-refractivity contribution in [3.63, 3.8) is 0 Å². The van der Waals surface area contributed by atoms with E-state index in [0.717, 1.165) is 31.6 Å². The third-order valence-corrected chi connectivity index (χ3v) is 3.59. The fourth-order valence-electron chi connectivity index (χ4n) is 2.38. The fourth-order valence-corrected chi connectivity index (χ4v) is 2.38. The van der Waals surface area contributed by atoms with Gasteiger partial charge in [0.2, 0.25) is 5.91 Å². The summed E-state index contributed by atoms with van der Waals surface area (Å²) in [6.07, 6.45) is 0.477. The lowest BCUT2D eigenvalue weighted by molar-refractivity contribution is -0.139. The number of rotatable bonds is 5. The minimum absolute atomic E-state index is 0.183. The van der Waals surface area contributed by atoms with Crippen molar-refractivity contribution in [2.45, 2.75) is 51.5 Å². The van der Waals surface area contributed by atoms with Gasteiger partial charge in [0.25, 0.3) is 0 Å². The van der Waals surface area contributed by atoms with Crippen molar-refractivity contribution >= 4 is 11.9 Å². The summed E-state index contributed by atoms with van der Waals surface area (Å²) >= 11 is 0. The molecule has 0 aliphatic carbocycles. The summed E-state index contributed by atoms with van der Waals surface area (Å²) in [5.41, 5.74) is 0.705. The summed E-state index contributed by atoms with van der Waals surface area (Å²) in [6, 6.07) is -1.72. The number of halogens is 3. The minimum Gasteiger partial charge on any atom is -0.345 e. The van der Waals surface area contributed by atoms with E-state index in [0.29, 0.717) is 5.69 Å². The van der Waals surface area contributed by atoms with Crippen LogP contribution in [-0.4, -0.2) is 40.3 Å². The molecule has 7 nitrogen and oxygen atoms in total. The fraction of sp³-hybridized carbons (Fsp3) is 0.643. The van der Waals surface area contributed by atoms with Crippen LogP contribution in [-0.2, 0) is 24.3 Å². The first kappa shape index (κ1) is 18.1. The molecule has 10 heteroatoms. The highest BCUT2D eigenvalue weighted by atomic mass is 19.4. The van der Waals surface area contributed by atoms with Crippen LogP contribution in [0.5, 0.6) is 0 Å². The van der Waals surface area contributed by atoms with Crippen molar-refractivity contribution in [3.8, 4) is 0 Å². The highest BCUT2D eigenvalue weighted by Crippen LogP contribution is 2.14. The Morgan fingerprint density at radius 2 is 2.08 bits per heavy atom. The number of carbonyl (C=O) groups excluding carboxylic acids is 2. The largest absolute Gasteiger partial charge is 0.405 e. The van der Waals surface area contributed by atoms with Gasteiger partial charge in [0, 0.05) is 19.2 Å². The maximum Gasteiger partial charge on any atom is 0.405 e. The van der Waals surface area contributed by atoms with Crippen molar-refractivity contribution in [2.75, 3.05) is 6.54 Å². The molecule has 3 N–H and O–H groups in total. The van der Waals surface area contributed by atoms with Gasteiger partial charge in [0.05, 0.1) is 12.2 Å². The third kappa shape index (κ3) is 5.43. The quantitative estimate of drug-likeness (QED) is 0.745. The summed E-state index contributed by atoms with van der Waals surface area (Å²) in [6.45, 7) is 0.966. The van der Waals surface area contributed by atoms with Gasteiger partial charge >= 0.3 is 12.2 Å². The van der Waals surface area contributed by atoms with Crippen molar-refractivity contribution in [3.05, 3.63) is 17.7 Å². The van der Waals surface area contributed by atoms with E-state index in [4.69, 9.17) is 0 Å². The number of hydrogen-bond acceptors (Lipinski definition) is 3. The number of alkyl halides is 3. The number of imidazole rings is 1. The number of hydrogen-bond donors (Lipinski definition) is 3. The Bertz CT molecular complexity index is 576. The molecule has 0 saturated carbocycles. The first-order valence-electron chi connectivity index (χ1n) is 7.68. The topological polar surface area (TPSA) is 88.1 Å². The van der Waals surface area contributed by atoms with Crippen LogP contribution in [0.25, 0.3) is 0 Å². The van der Waals surface area contributed by atoms with Crippen molar-refractivity contribution < 1.29 is 22.8 Å². The lowest BCUT2D eigenvalue weighted by Crippen LogP contribution is -2.49. The highest BCUT2D eigenvalue weighted by Gasteiger charge is 2.29. The predicted octanol–water partition coefficient (Wildman–Crippen LogP) is 1.09. The Labute approximate surface area is 137 Å². The molecular formula is C14H20F3N5O2. The van der Waals surface area contributed by atoms with Crippen LogP contribution >= 0.6 is 0 Å². The minimum atomic E-state index is -4.49. The van der Waals surface area contributed by atoms with E-state index in [9.17, 15) is 22.8 Å². The molecule has 24 heavy (non-hydrogen) atoms. The normalized spacial score (nSPS) is 15.3. The number of urea groups is 1. The smallest absolute Gasteiger partial charge is 0.345 e. The average molecular weight is 347 g/mol. The summed E-state index contributed by atoms with van der Waals surface area (Å²) in [4.78, 5) is 27.6. The Balaban J connectivity index is 1.74. The number of fused-ring (bicyclic) bond motifs is 1. The van der Waals surface area contributed by atoms with E-state index < -0.39 is 30.7 Å². The van der Waals surface area contributed by atoms with Gasteiger partial charge in [-0.2, -0.15) is 13.2 Å². The van der Waals surface area contributed by atoms with Gasteiger partial charge in [-0.05, 0) is 19.8 Å². The van der Waals surface area contributed by atoms with Gasteiger partial charge in [-0.1, -0.05) is 0 Å². The third-order valence-electron chi connectivity index (χ3n) is 3.59. The van der Waals surface area contributed by atoms with E-state index in [1.807, 2.05) is 10.8 Å². The Morgan fingerprint density at radius 3 is 2.75 bits per heavy atom. The zero-order chi connectivity index (χ0) is 17.7. The summed E-state index contributed by atoms with van der Waals surface area (Å²) in [5.74, 6) is 0.0817. The molecule has 1 aliphatic heterocycles. The maximum absolute atomic E-state index is 12.0. The van der Waals surface area contributed by atoms with Crippen LogP contribution < -0.4 is 16.0 Å². The van der Waals surface area contributed by atoms with Crippen LogP contribution in [0.3, 0.4) is 0 Å². The zero-order valence-electron chi connectivity index (χ0n) is 13.2. The molecule has 0 radical (unpaired) electrons. The monoisotopic (exact) mass is 347 g/mol. The Hall–Kier alpha value is -2.26. The summed E-state index contributed by atoms with van der Waals surface area (Å²) in [7, 11) is 0. The lowest BCUT2D eigenvalue weighted by Gasteiger charge is -2.15. The average Bonchev–Trinajstić information content (AvgIpc) is 2.92. The lowest BCUT2D eigenvalue weighted by atomic mass is 10.2. The summed E-state index contributed by atoms with van der Waals surface area (Å²) < 4.78 is 38.1. The molecule has 134 valence electrons. The zero-order valence-corrected chi connectivity index (χ0v) is 13.2. The molecule has 0 fully saturated rings. The number of amides is 3. The van der Waals surface area contributed by atoms with Gasteiger partial charge in [0.15, 0.2) is 0 Å². The maximum atomic E-state index is 12.0. The number of carbonyl (C=O) groups is 2. The van der Waals surface area contributed by atoms with Gasteiger partial charge in [-0.3, -0.25) is 4.79 Å². The second-order valence-corrected chi connectivity index (χ2v) is 5.68. The molecule has 1 aromatic rings. The second-order valence-electron chi connectivity index (χ2n) is 5.68.